The third-order valence-electron chi connectivity index (χ3n) is 5.15. The van der Waals surface area contributed by atoms with E-state index >= 15 is 0 Å². The minimum atomic E-state index is 0.533. The fourth-order valence-electron chi connectivity index (χ4n) is 3.59. The molecule has 0 saturated heterocycles. The molecule has 0 atom stereocenters. The molecule has 0 fully saturated rings. The molecule has 0 spiro atoms. The first kappa shape index (κ1) is 19.6. The van der Waals surface area contributed by atoms with E-state index in [4.69, 9.17) is 10.5 Å². The number of nitrogens with two attached hydrogens (primary N) is 1. The maximum absolute atomic E-state index is 5.83. The molecule has 0 aliphatic carbocycles. The van der Waals surface area contributed by atoms with E-state index in [0.717, 1.165) is 44.9 Å². The Labute approximate surface area is 175 Å². The molecule has 1 aromatic carbocycles. The predicted octanol–water partition coefficient (Wildman–Crippen LogP) is 3.40. The molecule has 0 radical (unpaired) electrons. The molecule has 3 heterocycles. The van der Waals surface area contributed by atoms with Crippen molar-refractivity contribution in [3.63, 3.8) is 0 Å². The van der Waals surface area contributed by atoms with Gasteiger partial charge >= 0.3 is 0 Å². The van der Waals surface area contributed by atoms with Crippen molar-refractivity contribution in [3.05, 3.63) is 64.7 Å². The van der Waals surface area contributed by atoms with E-state index in [9.17, 15) is 0 Å². The largest absolute Gasteiger partial charge is 0.496 e. The molecule has 8 nitrogen and oxygen atoms in total. The second kappa shape index (κ2) is 7.98. The summed E-state index contributed by atoms with van der Waals surface area (Å²) in [5.74, 6) is 2.12. The number of aromatic nitrogens is 5. The molecule has 0 amide bonds. The Hall–Kier alpha value is -3.68. The first-order chi connectivity index (χ1) is 14.4. The SMILES string of the molecule is COc1cc(C)ccc1Cn1cc2c(NCc3c(C)cc(N)nc3C)ncnc2n1. The van der Waals surface area contributed by atoms with Crippen LogP contribution in [0.5, 0.6) is 5.75 Å². The average Bonchev–Trinajstić information content (AvgIpc) is 3.11. The van der Waals surface area contributed by atoms with Gasteiger partial charge in [0.2, 0.25) is 0 Å². The van der Waals surface area contributed by atoms with Gasteiger partial charge in [0.05, 0.1) is 19.0 Å². The summed E-state index contributed by atoms with van der Waals surface area (Å²) in [5, 5.41) is 8.87. The quantitative estimate of drug-likeness (QED) is 0.508. The van der Waals surface area contributed by atoms with Crippen LogP contribution >= 0.6 is 0 Å². The number of ether oxygens (including phenoxy) is 1. The third-order valence-corrected chi connectivity index (χ3v) is 5.15. The number of pyridine rings is 1. The summed E-state index contributed by atoms with van der Waals surface area (Å²) in [6, 6.07) is 8.04. The molecule has 8 heteroatoms. The fourth-order valence-corrected chi connectivity index (χ4v) is 3.59. The van der Waals surface area contributed by atoms with E-state index in [-0.39, 0.29) is 0 Å². The number of hydrogen-bond donors (Lipinski definition) is 2. The summed E-state index contributed by atoms with van der Waals surface area (Å²) in [6.07, 6.45) is 3.48. The highest BCUT2D eigenvalue weighted by atomic mass is 16.5. The van der Waals surface area contributed by atoms with E-state index < -0.39 is 0 Å². The Morgan fingerprint density at radius 3 is 2.73 bits per heavy atom. The molecule has 154 valence electrons. The van der Waals surface area contributed by atoms with Crippen molar-refractivity contribution in [2.45, 2.75) is 33.9 Å². The molecular weight excluding hydrogens is 378 g/mol. The summed E-state index contributed by atoms with van der Waals surface area (Å²) < 4.78 is 7.38. The number of nitrogen functional groups attached to an aromatic ring is 1. The Morgan fingerprint density at radius 1 is 1.13 bits per heavy atom. The first-order valence-electron chi connectivity index (χ1n) is 9.72. The molecule has 0 saturated carbocycles. The lowest BCUT2D eigenvalue weighted by Gasteiger charge is -2.12. The van der Waals surface area contributed by atoms with Crippen LogP contribution in [-0.4, -0.2) is 31.8 Å². The lowest BCUT2D eigenvalue weighted by molar-refractivity contribution is 0.407. The number of hydrogen-bond acceptors (Lipinski definition) is 7. The van der Waals surface area contributed by atoms with Crippen LogP contribution in [0.15, 0.2) is 36.8 Å². The number of aryl methyl sites for hydroxylation is 3. The number of nitrogens with one attached hydrogen (secondary N) is 1. The fraction of sp³-hybridized carbons (Fsp3) is 0.273. The lowest BCUT2D eigenvalue weighted by Crippen LogP contribution is -2.08. The van der Waals surface area contributed by atoms with Gasteiger partial charge in [0.15, 0.2) is 5.65 Å². The zero-order valence-electron chi connectivity index (χ0n) is 17.6. The van der Waals surface area contributed by atoms with Crippen molar-refractivity contribution in [1.82, 2.24) is 24.7 Å². The van der Waals surface area contributed by atoms with Gasteiger partial charge in [-0.2, -0.15) is 5.10 Å². The molecule has 3 aromatic heterocycles. The summed E-state index contributed by atoms with van der Waals surface area (Å²) in [6.45, 7) is 7.21. The first-order valence-corrected chi connectivity index (χ1v) is 9.72. The third kappa shape index (κ3) is 3.89. The van der Waals surface area contributed by atoms with Crippen LogP contribution < -0.4 is 15.8 Å². The van der Waals surface area contributed by atoms with Crippen LogP contribution in [0.25, 0.3) is 11.0 Å². The van der Waals surface area contributed by atoms with Crippen molar-refractivity contribution < 1.29 is 4.74 Å². The van der Waals surface area contributed by atoms with Crippen LogP contribution in [0.3, 0.4) is 0 Å². The van der Waals surface area contributed by atoms with E-state index in [2.05, 4.69) is 37.5 Å². The summed E-state index contributed by atoms with van der Waals surface area (Å²) in [5.41, 5.74) is 11.8. The lowest BCUT2D eigenvalue weighted by atomic mass is 10.1. The van der Waals surface area contributed by atoms with Crippen LogP contribution in [-0.2, 0) is 13.1 Å². The van der Waals surface area contributed by atoms with Crippen molar-refractivity contribution in [2.75, 3.05) is 18.2 Å². The van der Waals surface area contributed by atoms with E-state index in [0.29, 0.717) is 24.6 Å². The summed E-state index contributed by atoms with van der Waals surface area (Å²) in [4.78, 5) is 13.1. The van der Waals surface area contributed by atoms with Crippen molar-refractivity contribution in [3.8, 4) is 5.75 Å². The molecule has 0 aliphatic heterocycles. The summed E-state index contributed by atoms with van der Waals surface area (Å²) >= 11 is 0. The highest BCUT2D eigenvalue weighted by molar-refractivity contribution is 5.85. The zero-order chi connectivity index (χ0) is 21.3. The second-order valence-electron chi connectivity index (χ2n) is 7.38. The Kier molecular flexibility index (Phi) is 5.22. The van der Waals surface area contributed by atoms with Crippen LogP contribution in [0.2, 0.25) is 0 Å². The van der Waals surface area contributed by atoms with Crippen molar-refractivity contribution >= 4 is 22.7 Å². The van der Waals surface area contributed by atoms with Crippen LogP contribution in [0.1, 0.15) is 27.9 Å². The Morgan fingerprint density at radius 2 is 1.97 bits per heavy atom. The molecular formula is C22H25N7O. The number of nitrogens with zero attached hydrogens (tertiary/aromatic N) is 5. The van der Waals surface area contributed by atoms with Crippen LogP contribution in [0, 0.1) is 20.8 Å². The van der Waals surface area contributed by atoms with Gasteiger partial charge in [-0.3, -0.25) is 4.68 Å². The maximum atomic E-state index is 5.83. The van der Waals surface area contributed by atoms with Gasteiger partial charge in [0.25, 0.3) is 0 Å². The normalized spacial score (nSPS) is 11.1. The zero-order valence-corrected chi connectivity index (χ0v) is 17.6. The Balaban J connectivity index is 1.60. The number of rotatable bonds is 6. The number of anilines is 2. The topological polar surface area (TPSA) is 104 Å². The monoisotopic (exact) mass is 403 g/mol. The highest BCUT2D eigenvalue weighted by Gasteiger charge is 2.12. The second-order valence-corrected chi connectivity index (χ2v) is 7.38. The minimum Gasteiger partial charge on any atom is -0.496 e. The van der Waals surface area contributed by atoms with Gasteiger partial charge < -0.3 is 15.8 Å². The predicted molar refractivity (Wildman–Crippen MR) is 118 cm³/mol. The molecule has 0 aliphatic rings. The van der Waals surface area contributed by atoms with Gasteiger partial charge in [0, 0.05) is 24.0 Å². The molecule has 3 N–H and O–H groups in total. The standard InChI is InChI=1S/C22H25N7O/c1-13-5-6-16(19(7-13)30-4)10-29-11-18-21(25-12-26-22(18)28-29)24-9-17-14(2)8-20(23)27-15(17)3/h5-8,11-12H,9-10H2,1-4H3,(H2,23,27)(H,24,25,26,28). The van der Waals surface area contributed by atoms with Gasteiger partial charge in [-0.25, -0.2) is 15.0 Å². The molecule has 0 unspecified atom stereocenters. The molecule has 4 rings (SSSR count). The Bertz CT molecular complexity index is 1190. The molecule has 4 aromatic rings. The van der Waals surface area contributed by atoms with E-state index in [1.54, 1.807) is 7.11 Å². The van der Waals surface area contributed by atoms with Gasteiger partial charge in [-0.05, 0) is 49.6 Å². The minimum absolute atomic E-state index is 0.533. The summed E-state index contributed by atoms with van der Waals surface area (Å²) in [7, 11) is 1.68. The smallest absolute Gasteiger partial charge is 0.186 e. The van der Waals surface area contributed by atoms with E-state index in [1.165, 1.54) is 6.33 Å². The number of benzene rings is 1. The number of methoxy groups -OCH3 is 1. The van der Waals surface area contributed by atoms with Gasteiger partial charge in [-0.1, -0.05) is 12.1 Å². The van der Waals surface area contributed by atoms with Gasteiger partial charge in [-0.15, -0.1) is 0 Å². The van der Waals surface area contributed by atoms with Gasteiger partial charge in [0.1, 0.15) is 23.7 Å². The highest BCUT2D eigenvalue weighted by Crippen LogP contribution is 2.24. The van der Waals surface area contributed by atoms with E-state index in [1.807, 2.05) is 43.8 Å². The van der Waals surface area contributed by atoms with Crippen molar-refractivity contribution in [1.29, 1.82) is 0 Å². The maximum Gasteiger partial charge on any atom is 0.186 e. The average molecular weight is 403 g/mol. The molecule has 30 heavy (non-hydrogen) atoms. The van der Waals surface area contributed by atoms with Crippen molar-refractivity contribution in [2.24, 2.45) is 0 Å². The van der Waals surface area contributed by atoms with Crippen LogP contribution in [0.4, 0.5) is 11.6 Å². The number of fused-ring (bicyclic) bond motifs is 1. The molecule has 0 bridgehead atoms.